The number of hydrogen-bond acceptors (Lipinski definition) is 5. The molecule has 8 heteroatoms. The number of nitrogens with one attached hydrogen (secondary N) is 1. The van der Waals surface area contributed by atoms with Crippen LogP contribution >= 0.6 is 11.3 Å². The number of rotatable bonds is 6. The molecule has 1 N–H and O–H groups in total. The van der Waals surface area contributed by atoms with E-state index in [0.717, 1.165) is 33.8 Å². The van der Waals surface area contributed by atoms with Crippen LogP contribution in [0.5, 0.6) is 0 Å². The zero-order chi connectivity index (χ0) is 20.2. The monoisotopic (exact) mass is 404 g/mol. The van der Waals surface area contributed by atoms with Gasteiger partial charge in [0.2, 0.25) is 0 Å². The van der Waals surface area contributed by atoms with Gasteiger partial charge in [-0.1, -0.05) is 59.9 Å². The molecule has 7 nitrogen and oxygen atoms in total. The Bertz CT molecular complexity index is 1150. The quantitative estimate of drug-likeness (QED) is 0.380. The highest BCUT2D eigenvalue weighted by atomic mass is 32.1. The van der Waals surface area contributed by atoms with Crippen molar-refractivity contribution >= 4 is 22.2 Å². The average molecular weight is 404 g/mol. The van der Waals surface area contributed by atoms with Gasteiger partial charge in [-0.3, -0.25) is 14.9 Å². The standard InChI is InChI=1S/C21H16N4O3S/c26-21(18-11-12-19(29-18)25(27)28)22-13-16-14-24(17-9-5-2-6-10-17)23-20(16)15-7-3-1-4-8-15/h1-12,14H,13H2,(H,22,26). The lowest BCUT2D eigenvalue weighted by Gasteiger charge is -2.04. The second-order valence-corrected chi connectivity index (χ2v) is 7.29. The Hall–Kier alpha value is -3.78. The van der Waals surface area contributed by atoms with Crippen LogP contribution in [0.1, 0.15) is 15.2 Å². The van der Waals surface area contributed by atoms with Gasteiger partial charge in [0.15, 0.2) is 0 Å². The van der Waals surface area contributed by atoms with Gasteiger partial charge in [0.25, 0.3) is 5.91 Å². The summed E-state index contributed by atoms with van der Waals surface area (Å²) in [5, 5.41) is 18.3. The van der Waals surface area contributed by atoms with Gasteiger partial charge < -0.3 is 5.32 Å². The molecule has 0 spiro atoms. The summed E-state index contributed by atoms with van der Waals surface area (Å²) in [4.78, 5) is 23.1. The minimum atomic E-state index is -0.501. The summed E-state index contributed by atoms with van der Waals surface area (Å²) in [6.45, 7) is 0.252. The fraction of sp³-hybridized carbons (Fsp3) is 0.0476. The molecule has 0 fully saturated rings. The molecular formula is C21H16N4O3S. The summed E-state index contributed by atoms with van der Waals surface area (Å²) in [7, 11) is 0. The van der Waals surface area contributed by atoms with Gasteiger partial charge in [0, 0.05) is 29.9 Å². The Morgan fingerprint density at radius 3 is 2.38 bits per heavy atom. The van der Waals surface area contributed by atoms with E-state index in [1.165, 1.54) is 12.1 Å². The topological polar surface area (TPSA) is 90.1 Å². The molecule has 2 heterocycles. The van der Waals surface area contributed by atoms with Gasteiger partial charge in [-0.15, -0.1) is 0 Å². The molecule has 0 saturated heterocycles. The van der Waals surface area contributed by atoms with E-state index in [1.54, 1.807) is 4.68 Å². The molecule has 0 unspecified atom stereocenters. The minimum Gasteiger partial charge on any atom is -0.347 e. The van der Waals surface area contributed by atoms with Crippen molar-refractivity contribution in [1.82, 2.24) is 15.1 Å². The van der Waals surface area contributed by atoms with Crippen molar-refractivity contribution < 1.29 is 9.72 Å². The van der Waals surface area contributed by atoms with Crippen LogP contribution in [0.4, 0.5) is 5.00 Å². The van der Waals surface area contributed by atoms with Crippen LogP contribution in [-0.2, 0) is 6.54 Å². The Morgan fingerprint density at radius 1 is 1.03 bits per heavy atom. The van der Waals surface area contributed by atoms with Gasteiger partial charge in [0.05, 0.1) is 21.2 Å². The molecule has 29 heavy (non-hydrogen) atoms. The second-order valence-electron chi connectivity index (χ2n) is 6.23. The summed E-state index contributed by atoms with van der Waals surface area (Å²) >= 11 is 0.855. The molecule has 144 valence electrons. The lowest BCUT2D eigenvalue weighted by atomic mass is 10.1. The van der Waals surface area contributed by atoms with Crippen molar-refractivity contribution in [3.8, 4) is 16.9 Å². The average Bonchev–Trinajstić information content (AvgIpc) is 3.41. The Balaban J connectivity index is 1.60. The number of benzene rings is 2. The van der Waals surface area contributed by atoms with Crippen LogP contribution in [0.25, 0.3) is 16.9 Å². The van der Waals surface area contributed by atoms with Crippen molar-refractivity contribution in [2.75, 3.05) is 0 Å². The van der Waals surface area contributed by atoms with E-state index in [0.29, 0.717) is 4.88 Å². The van der Waals surface area contributed by atoms with Crippen molar-refractivity contribution in [2.45, 2.75) is 6.54 Å². The summed E-state index contributed by atoms with van der Waals surface area (Å²) < 4.78 is 1.78. The van der Waals surface area contributed by atoms with Crippen LogP contribution in [0, 0.1) is 10.1 Å². The predicted octanol–water partition coefficient (Wildman–Crippen LogP) is 4.44. The fourth-order valence-electron chi connectivity index (χ4n) is 2.90. The normalized spacial score (nSPS) is 10.6. The Labute approximate surface area is 170 Å². The third-order valence-corrected chi connectivity index (χ3v) is 5.33. The summed E-state index contributed by atoms with van der Waals surface area (Å²) in [5.74, 6) is -0.352. The van der Waals surface area contributed by atoms with Gasteiger partial charge in [-0.25, -0.2) is 4.68 Å². The Morgan fingerprint density at radius 2 is 1.72 bits per heavy atom. The molecule has 0 aliphatic heterocycles. The van der Waals surface area contributed by atoms with Crippen molar-refractivity contribution in [3.63, 3.8) is 0 Å². The second kappa shape index (κ2) is 8.07. The van der Waals surface area contributed by atoms with Crippen LogP contribution in [-0.4, -0.2) is 20.6 Å². The molecule has 1 amide bonds. The van der Waals surface area contributed by atoms with E-state index in [2.05, 4.69) is 5.32 Å². The first kappa shape index (κ1) is 18.6. The molecule has 4 aromatic rings. The molecule has 0 saturated carbocycles. The summed E-state index contributed by atoms with van der Waals surface area (Å²) in [6, 6.07) is 22.2. The maximum Gasteiger partial charge on any atom is 0.324 e. The highest BCUT2D eigenvalue weighted by molar-refractivity contribution is 7.17. The number of carbonyl (C=O) groups is 1. The van der Waals surface area contributed by atoms with Crippen molar-refractivity contribution in [2.24, 2.45) is 0 Å². The lowest BCUT2D eigenvalue weighted by Crippen LogP contribution is -2.21. The van der Waals surface area contributed by atoms with Gasteiger partial charge in [-0.05, 0) is 18.2 Å². The van der Waals surface area contributed by atoms with E-state index >= 15 is 0 Å². The first-order chi connectivity index (χ1) is 14.1. The smallest absolute Gasteiger partial charge is 0.324 e. The number of thiophene rings is 1. The molecule has 0 bridgehead atoms. The molecule has 0 radical (unpaired) electrons. The van der Waals surface area contributed by atoms with Crippen LogP contribution in [0.3, 0.4) is 0 Å². The number of para-hydroxylation sites is 1. The third-order valence-electron chi connectivity index (χ3n) is 4.29. The van der Waals surface area contributed by atoms with Gasteiger partial charge >= 0.3 is 5.00 Å². The first-order valence-electron chi connectivity index (χ1n) is 8.83. The zero-order valence-corrected chi connectivity index (χ0v) is 16.0. The summed E-state index contributed by atoms with van der Waals surface area (Å²) in [6.07, 6.45) is 1.88. The maximum atomic E-state index is 12.4. The molecule has 0 aliphatic rings. The number of amides is 1. The SMILES string of the molecule is O=C(NCc1cn(-c2ccccc2)nc1-c1ccccc1)c1ccc([N+](=O)[O-])s1. The predicted molar refractivity (Wildman–Crippen MR) is 111 cm³/mol. The molecule has 0 atom stereocenters. The number of nitro groups is 1. The van der Waals surface area contributed by atoms with Gasteiger partial charge in [0.1, 0.15) is 0 Å². The highest BCUT2D eigenvalue weighted by Crippen LogP contribution is 2.25. The molecule has 2 aromatic heterocycles. The molecule has 2 aromatic carbocycles. The van der Waals surface area contributed by atoms with Crippen molar-refractivity contribution in [1.29, 1.82) is 0 Å². The third kappa shape index (κ3) is 4.07. The maximum absolute atomic E-state index is 12.4. The van der Waals surface area contributed by atoms with E-state index in [9.17, 15) is 14.9 Å². The van der Waals surface area contributed by atoms with E-state index in [1.807, 2.05) is 66.9 Å². The number of carbonyl (C=O) groups excluding carboxylic acids is 1. The number of aromatic nitrogens is 2. The van der Waals surface area contributed by atoms with Crippen LogP contribution < -0.4 is 5.32 Å². The number of hydrogen-bond donors (Lipinski definition) is 1. The highest BCUT2D eigenvalue weighted by Gasteiger charge is 2.17. The largest absolute Gasteiger partial charge is 0.347 e. The summed E-state index contributed by atoms with van der Waals surface area (Å²) in [5.41, 5.74) is 3.47. The minimum absolute atomic E-state index is 0.0583. The Kier molecular flexibility index (Phi) is 5.17. The number of nitrogens with zero attached hydrogens (tertiary/aromatic N) is 3. The first-order valence-corrected chi connectivity index (χ1v) is 9.65. The zero-order valence-electron chi connectivity index (χ0n) is 15.2. The molecule has 4 rings (SSSR count). The van der Waals surface area contributed by atoms with Crippen molar-refractivity contribution in [3.05, 3.63) is 99.5 Å². The fourth-order valence-corrected chi connectivity index (χ4v) is 3.64. The van der Waals surface area contributed by atoms with E-state index in [-0.39, 0.29) is 17.5 Å². The van der Waals surface area contributed by atoms with Crippen LogP contribution in [0.2, 0.25) is 0 Å². The van der Waals surface area contributed by atoms with E-state index in [4.69, 9.17) is 5.10 Å². The van der Waals surface area contributed by atoms with Gasteiger partial charge in [-0.2, -0.15) is 5.10 Å². The van der Waals surface area contributed by atoms with E-state index < -0.39 is 4.92 Å². The lowest BCUT2D eigenvalue weighted by molar-refractivity contribution is -0.380. The molecular weight excluding hydrogens is 388 g/mol. The molecule has 0 aliphatic carbocycles. The van der Waals surface area contributed by atoms with Crippen LogP contribution in [0.15, 0.2) is 79.0 Å².